The van der Waals surface area contributed by atoms with Crippen molar-refractivity contribution in [3.05, 3.63) is 22.8 Å². The molecule has 3 nitrogen and oxygen atoms in total. The summed E-state index contributed by atoms with van der Waals surface area (Å²) in [6, 6.07) is 3.83. The average Bonchev–Trinajstić information content (AvgIpc) is 2.33. The van der Waals surface area contributed by atoms with E-state index in [0.717, 1.165) is 18.1 Å². The van der Waals surface area contributed by atoms with E-state index >= 15 is 0 Å². The molecule has 1 aliphatic rings. The van der Waals surface area contributed by atoms with Crippen LogP contribution in [-0.4, -0.2) is 43.1 Å². The van der Waals surface area contributed by atoms with E-state index in [1.807, 2.05) is 12.1 Å². The minimum atomic E-state index is 0.289. The van der Waals surface area contributed by atoms with Crippen LogP contribution in [0.2, 0.25) is 5.02 Å². The molecule has 0 atom stereocenters. The van der Waals surface area contributed by atoms with Crippen LogP contribution in [0, 0.1) is 0 Å². The van der Waals surface area contributed by atoms with Crippen LogP contribution in [-0.2, 0) is 5.88 Å². The first-order valence-electron chi connectivity index (χ1n) is 6.58. The summed E-state index contributed by atoms with van der Waals surface area (Å²) in [4.78, 5) is 9.07. The molecular formula is C14H21Cl2N3. The van der Waals surface area contributed by atoms with Crippen molar-refractivity contribution in [2.45, 2.75) is 30.7 Å². The minimum absolute atomic E-state index is 0.289. The van der Waals surface area contributed by atoms with Gasteiger partial charge in [0.2, 0.25) is 0 Å². The SMILES string of the molecule is CN(CC1(N(C)C)CCC1)c1ccc(Cl)c(CCl)n1. The van der Waals surface area contributed by atoms with E-state index in [0.29, 0.717) is 10.9 Å². The molecule has 19 heavy (non-hydrogen) atoms. The molecule has 5 heteroatoms. The van der Waals surface area contributed by atoms with Crippen molar-refractivity contribution < 1.29 is 0 Å². The summed E-state index contributed by atoms with van der Waals surface area (Å²) in [5.41, 5.74) is 1.04. The number of halogens is 2. The second-order valence-corrected chi connectivity index (χ2v) is 6.23. The fourth-order valence-corrected chi connectivity index (χ4v) is 3.08. The fourth-order valence-electron chi connectivity index (χ4n) is 2.63. The van der Waals surface area contributed by atoms with Crippen molar-refractivity contribution >= 4 is 29.0 Å². The number of rotatable bonds is 5. The summed E-state index contributed by atoms with van der Waals surface area (Å²) >= 11 is 11.9. The molecular weight excluding hydrogens is 281 g/mol. The maximum Gasteiger partial charge on any atom is 0.128 e. The van der Waals surface area contributed by atoms with E-state index in [1.165, 1.54) is 19.3 Å². The summed E-state index contributed by atoms with van der Waals surface area (Å²) in [5.74, 6) is 1.28. The molecule has 1 heterocycles. The quantitative estimate of drug-likeness (QED) is 0.777. The first-order chi connectivity index (χ1) is 8.98. The van der Waals surface area contributed by atoms with Gasteiger partial charge >= 0.3 is 0 Å². The maximum atomic E-state index is 6.05. The van der Waals surface area contributed by atoms with Crippen molar-refractivity contribution in [3.8, 4) is 0 Å². The lowest BCUT2D eigenvalue weighted by atomic mass is 9.75. The smallest absolute Gasteiger partial charge is 0.128 e. The standard InChI is InChI=1S/C14H21Cl2N3/c1-18(2)14(7-4-8-14)10-19(3)13-6-5-11(16)12(9-15)17-13/h5-6H,4,7-10H2,1-3H3. The van der Waals surface area contributed by atoms with E-state index in [-0.39, 0.29) is 5.54 Å². The van der Waals surface area contributed by atoms with Crippen LogP contribution in [0.25, 0.3) is 0 Å². The highest BCUT2D eigenvalue weighted by molar-refractivity contribution is 6.32. The lowest BCUT2D eigenvalue weighted by Gasteiger charge is -2.49. The predicted molar refractivity (Wildman–Crippen MR) is 82.3 cm³/mol. The number of anilines is 1. The third-order valence-electron chi connectivity index (χ3n) is 4.19. The second kappa shape index (κ2) is 5.86. The summed E-state index contributed by atoms with van der Waals surface area (Å²) in [7, 11) is 6.40. The Morgan fingerprint density at radius 3 is 2.42 bits per heavy atom. The van der Waals surface area contributed by atoms with Gasteiger partial charge in [-0.25, -0.2) is 4.98 Å². The van der Waals surface area contributed by atoms with Crippen molar-refractivity contribution in [1.82, 2.24) is 9.88 Å². The fraction of sp³-hybridized carbons (Fsp3) is 0.643. The van der Waals surface area contributed by atoms with E-state index in [2.05, 4.69) is 35.9 Å². The number of nitrogens with zero attached hydrogens (tertiary/aromatic N) is 3. The summed E-state index contributed by atoms with van der Waals surface area (Å²) in [6.45, 7) is 0.982. The molecule has 0 aromatic carbocycles. The van der Waals surface area contributed by atoms with Crippen LogP contribution in [0.4, 0.5) is 5.82 Å². The second-order valence-electron chi connectivity index (χ2n) is 5.56. The highest BCUT2D eigenvalue weighted by atomic mass is 35.5. The van der Waals surface area contributed by atoms with Gasteiger partial charge in [-0.3, -0.25) is 0 Å². The Morgan fingerprint density at radius 1 is 1.26 bits per heavy atom. The van der Waals surface area contributed by atoms with Gasteiger partial charge < -0.3 is 9.80 Å². The molecule has 106 valence electrons. The first-order valence-corrected chi connectivity index (χ1v) is 7.50. The van der Waals surface area contributed by atoms with Gasteiger partial charge in [-0.05, 0) is 45.5 Å². The number of hydrogen-bond donors (Lipinski definition) is 0. The van der Waals surface area contributed by atoms with E-state index in [1.54, 1.807) is 0 Å². The van der Waals surface area contributed by atoms with Gasteiger partial charge in [0.25, 0.3) is 0 Å². The van der Waals surface area contributed by atoms with Crippen molar-refractivity contribution in [3.63, 3.8) is 0 Å². The maximum absolute atomic E-state index is 6.05. The van der Waals surface area contributed by atoms with Gasteiger partial charge in [0.05, 0.1) is 16.6 Å². The van der Waals surface area contributed by atoms with Gasteiger partial charge in [-0.1, -0.05) is 11.6 Å². The molecule has 1 fully saturated rings. The molecule has 0 saturated heterocycles. The highest BCUT2D eigenvalue weighted by Gasteiger charge is 2.40. The Balaban J connectivity index is 2.13. The average molecular weight is 302 g/mol. The van der Waals surface area contributed by atoms with E-state index in [4.69, 9.17) is 23.2 Å². The lowest BCUT2D eigenvalue weighted by Crippen LogP contribution is -2.56. The molecule has 0 unspecified atom stereocenters. The number of likely N-dealkylation sites (N-methyl/N-ethyl adjacent to an activating group) is 2. The molecule has 1 aromatic heterocycles. The number of alkyl halides is 1. The topological polar surface area (TPSA) is 19.4 Å². The van der Waals surface area contributed by atoms with Crippen LogP contribution in [0.1, 0.15) is 25.0 Å². The van der Waals surface area contributed by atoms with Gasteiger partial charge in [-0.15, -0.1) is 11.6 Å². The summed E-state index contributed by atoms with van der Waals surface area (Å²) in [6.07, 6.45) is 3.81. The number of aromatic nitrogens is 1. The zero-order valence-corrected chi connectivity index (χ0v) is 13.3. The predicted octanol–water partition coefficient (Wildman–Crippen LogP) is 3.39. The third-order valence-corrected chi connectivity index (χ3v) is 4.78. The summed E-state index contributed by atoms with van der Waals surface area (Å²) in [5, 5.41) is 0.637. The molecule has 0 N–H and O–H groups in total. The van der Waals surface area contributed by atoms with Crippen molar-refractivity contribution in [2.75, 3.05) is 32.6 Å². The zero-order chi connectivity index (χ0) is 14.0. The van der Waals surface area contributed by atoms with Gasteiger partial charge in [0.1, 0.15) is 5.82 Å². The van der Waals surface area contributed by atoms with Crippen LogP contribution < -0.4 is 4.90 Å². The van der Waals surface area contributed by atoms with Crippen LogP contribution in [0.15, 0.2) is 12.1 Å². The van der Waals surface area contributed by atoms with E-state index in [9.17, 15) is 0 Å². The van der Waals surface area contributed by atoms with Gasteiger partial charge in [0, 0.05) is 19.1 Å². The first kappa shape index (κ1) is 14.9. The van der Waals surface area contributed by atoms with Crippen molar-refractivity contribution in [2.24, 2.45) is 0 Å². The van der Waals surface area contributed by atoms with Crippen LogP contribution >= 0.6 is 23.2 Å². The number of hydrogen-bond acceptors (Lipinski definition) is 3. The van der Waals surface area contributed by atoms with Crippen LogP contribution in [0.3, 0.4) is 0 Å². The van der Waals surface area contributed by atoms with E-state index < -0.39 is 0 Å². The Hall–Kier alpha value is -0.510. The molecule has 0 radical (unpaired) electrons. The molecule has 1 aromatic rings. The minimum Gasteiger partial charge on any atom is -0.358 e. The molecule has 1 aliphatic carbocycles. The van der Waals surface area contributed by atoms with Gasteiger partial charge in [-0.2, -0.15) is 0 Å². The molecule has 0 aliphatic heterocycles. The number of pyridine rings is 1. The Kier molecular flexibility index (Phi) is 4.59. The molecule has 0 spiro atoms. The molecule has 1 saturated carbocycles. The summed E-state index contributed by atoms with van der Waals surface area (Å²) < 4.78 is 0. The Bertz CT molecular complexity index is 444. The third kappa shape index (κ3) is 2.99. The molecule has 0 amide bonds. The zero-order valence-electron chi connectivity index (χ0n) is 11.8. The monoisotopic (exact) mass is 301 g/mol. The lowest BCUT2D eigenvalue weighted by molar-refractivity contribution is 0.0682. The molecule has 2 rings (SSSR count). The molecule has 0 bridgehead atoms. The highest BCUT2D eigenvalue weighted by Crippen LogP contribution is 2.37. The van der Waals surface area contributed by atoms with Gasteiger partial charge in [0.15, 0.2) is 0 Å². The normalized spacial score (nSPS) is 17.4. The van der Waals surface area contributed by atoms with Crippen LogP contribution in [0.5, 0.6) is 0 Å². The Morgan fingerprint density at radius 2 is 1.95 bits per heavy atom. The Labute approximate surface area is 125 Å². The van der Waals surface area contributed by atoms with Crippen molar-refractivity contribution in [1.29, 1.82) is 0 Å². The largest absolute Gasteiger partial charge is 0.358 e.